The fraction of sp³-hybridized carbons (Fsp3) is 0.455. The summed E-state index contributed by atoms with van der Waals surface area (Å²) in [5, 5.41) is 15.0. The Hall–Kier alpha value is -0.390. The van der Waals surface area contributed by atoms with Gasteiger partial charge >= 0.3 is 0 Å². The zero-order chi connectivity index (χ0) is 11.8. The highest BCUT2D eigenvalue weighted by atomic mass is 35.5. The minimum Gasteiger partial charge on any atom is -0.389 e. The van der Waals surface area contributed by atoms with Crippen LogP contribution in [0.3, 0.4) is 0 Å². The monoisotopic (exact) mass is 261 g/mol. The van der Waals surface area contributed by atoms with Crippen LogP contribution in [0.15, 0.2) is 29.1 Å². The largest absolute Gasteiger partial charge is 0.389 e. The molecule has 1 rings (SSSR count). The van der Waals surface area contributed by atoms with Gasteiger partial charge in [0.05, 0.1) is 19.3 Å². The molecule has 3 nitrogen and oxygen atoms in total. The third-order valence-corrected chi connectivity index (χ3v) is 2.81. The summed E-state index contributed by atoms with van der Waals surface area (Å²) in [5.41, 5.74) is 0. The number of thiophene rings is 1. The molecule has 1 aromatic rings. The van der Waals surface area contributed by atoms with Gasteiger partial charge in [0.2, 0.25) is 0 Å². The number of rotatable bonds is 8. The van der Waals surface area contributed by atoms with Gasteiger partial charge in [-0.3, -0.25) is 0 Å². The van der Waals surface area contributed by atoms with E-state index in [9.17, 15) is 5.11 Å². The Balaban J connectivity index is 2.02. The van der Waals surface area contributed by atoms with E-state index in [1.807, 2.05) is 17.5 Å². The standard InChI is InChI=1S/C11H16ClNO2S/c1-9(12)5-13-6-10(14)7-15-8-11-3-2-4-16-11/h2-4,10,13-14H,1,5-8H2. The topological polar surface area (TPSA) is 41.5 Å². The third kappa shape index (κ3) is 6.25. The Morgan fingerprint density at radius 2 is 2.50 bits per heavy atom. The molecular weight excluding hydrogens is 246 g/mol. The van der Waals surface area contributed by atoms with E-state index < -0.39 is 6.10 Å². The molecule has 1 unspecified atom stereocenters. The van der Waals surface area contributed by atoms with Gasteiger partial charge in [0.25, 0.3) is 0 Å². The van der Waals surface area contributed by atoms with Crippen molar-refractivity contribution in [3.63, 3.8) is 0 Å². The number of aliphatic hydroxyl groups is 1. The average molecular weight is 262 g/mol. The Morgan fingerprint density at radius 1 is 1.69 bits per heavy atom. The summed E-state index contributed by atoms with van der Waals surface area (Å²) in [4.78, 5) is 1.16. The molecule has 1 heterocycles. The van der Waals surface area contributed by atoms with Crippen LogP contribution in [0.5, 0.6) is 0 Å². The molecule has 0 saturated heterocycles. The smallest absolute Gasteiger partial charge is 0.0897 e. The predicted molar refractivity (Wildman–Crippen MR) is 67.8 cm³/mol. The van der Waals surface area contributed by atoms with Crippen molar-refractivity contribution < 1.29 is 9.84 Å². The van der Waals surface area contributed by atoms with Crippen LogP contribution in [-0.2, 0) is 11.3 Å². The molecule has 0 fully saturated rings. The van der Waals surface area contributed by atoms with Gasteiger partial charge in [-0.1, -0.05) is 24.2 Å². The molecule has 0 aliphatic carbocycles. The van der Waals surface area contributed by atoms with Gasteiger partial charge in [-0.2, -0.15) is 0 Å². The van der Waals surface area contributed by atoms with E-state index in [2.05, 4.69) is 11.9 Å². The number of hydrogen-bond donors (Lipinski definition) is 2. The third-order valence-electron chi connectivity index (χ3n) is 1.83. The molecule has 0 amide bonds. The number of nitrogens with one attached hydrogen (secondary N) is 1. The lowest BCUT2D eigenvalue weighted by atomic mass is 10.3. The molecule has 0 aromatic carbocycles. The molecule has 0 aliphatic heterocycles. The summed E-state index contributed by atoms with van der Waals surface area (Å²) in [6.45, 7) is 5.37. The van der Waals surface area contributed by atoms with Gasteiger partial charge in [-0.05, 0) is 11.4 Å². The van der Waals surface area contributed by atoms with E-state index >= 15 is 0 Å². The molecule has 2 N–H and O–H groups in total. The summed E-state index contributed by atoms with van der Waals surface area (Å²) < 4.78 is 5.36. The molecule has 5 heteroatoms. The van der Waals surface area contributed by atoms with Crippen LogP contribution in [-0.4, -0.2) is 30.9 Å². The van der Waals surface area contributed by atoms with Crippen LogP contribution in [0.1, 0.15) is 4.88 Å². The normalized spacial score (nSPS) is 12.6. The second-order valence-electron chi connectivity index (χ2n) is 3.40. The van der Waals surface area contributed by atoms with Crippen LogP contribution in [0, 0.1) is 0 Å². The van der Waals surface area contributed by atoms with Crippen molar-refractivity contribution in [1.29, 1.82) is 0 Å². The van der Waals surface area contributed by atoms with E-state index in [-0.39, 0.29) is 0 Å². The molecule has 1 aromatic heterocycles. The highest BCUT2D eigenvalue weighted by Crippen LogP contribution is 2.09. The summed E-state index contributed by atoms with van der Waals surface area (Å²) >= 11 is 7.21. The molecule has 0 saturated carbocycles. The molecule has 0 radical (unpaired) electrons. The van der Waals surface area contributed by atoms with E-state index in [1.165, 1.54) is 0 Å². The maximum absolute atomic E-state index is 9.53. The van der Waals surface area contributed by atoms with Crippen molar-refractivity contribution in [2.24, 2.45) is 0 Å². The summed E-state index contributed by atoms with van der Waals surface area (Å²) in [6.07, 6.45) is -0.518. The first kappa shape index (κ1) is 13.7. The van der Waals surface area contributed by atoms with Crippen LogP contribution in [0.2, 0.25) is 0 Å². The molecule has 90 valence electrons. The van der Waals surface area contributed by atoms with Crippen molar-refractivity contribution in [2.75, 3.05) is 19.7 Å². The molecule has 0 spiro atoms. The van der Waals surface area contributed by atoms with Gasteiger partial charge in [0, 0.05) is 23.0 Å². The molecule has 16 heavy (non-hydrogen) atoms. The Labute approximate surface area is 105 Å². The van der Waals surface area contributed by atoms with E-state index in [4.69, 9.17) is 16.3 Å². The maximum Gasteiger partial charge on any atom is 0.0897 e. The Bertz CT molecular complexity index is 303. The number of ether oxygens (including phenoxy) is 1. The van der Waals surface area contributed by atoms with Crippen LogP contribution < -0.4 is 5.32 Å². The first-order valence-corrected chi connectivity index (χ1v) is 6.26. The van der Waals surface area contributed by atoms with Crippen molar-refractivity contribution >= 4 is 22.9 Å². The lowest BCUT2D eigenvalue weighted by Gasteiger charge is -2.11. The van der Waals surface area contributed by atoms with Gasteiger partial charge < -0.3 is 15.2 Å². The van der Waals surface area contributed by atoms with Crippen molar-refractivity contribution in [3.05, 3.63) is 34.0 Å². The quantitative estimate of drug-likeness (QED) is 0.752. The van der Waals surface area contributed by atoms with Crippen molar-refractivity contribution in [1.82, 2.24) is 5.32 Å². The highest BCUT2D eigenvalue weighted by Gasteiger charge is 2.04. The molecular formula is C11H16ClNO2S. The summed E-state index contributed by atoms with van der Waals surface area (Å²) in [6, 6.07) is 3.99. The highest BCUT2D eigenvalue weighted by molar-refractivity contribution is 7.09. The SMILES string of the molecule is C=C(Cl)CNCC(O)COCc1cccs1. The van der Waals surface area contributed by atoms with E-state index in [0.717, 1.165) is 4.88 Å². The second-order valence-corrected chi connectivity index (χ2v) is 4.96. The minimum absolute atomic E-state index is 0.319. The van der Waals surface area contributed by atoms with Gasteiger partial charge in [-0.25, -0.2) is 0 Å². The second kappa shape index (κ2) is 7.81. The molecule has 0 aliphatic rings. The molecule has 0 bridgehead atoms. The first-order chi connectivity index (χ1) is 7.68. The zero-order valence-electron chi connectivity index (χ0n) is 8.99. The molecule has 1 atom stereocenters. The van der Waals surface area contributed by atoms with Crippen molar-refractivity contribution in [2.45, 2.75) is 12.7 Å². The lowest BCUT2D eigenvalue weighted by molar-refractivity contribution is 0.0303. The summed E-state index contributed by atoms with van der Waals surface area (Å²) in [5.74, 6) is 0. The van der Waals surface area contributed by atoms with Crippen LogP contribution in [0.4, 0.5) is 0 Å². The lowest BCUT2D eigenvalue weighted by Crippen LogP contribution is -2.30. The van der Waals surface area contributed by atoms with Gasteiger partial charge in [0.15, 0.2) is 0 Å². The predicted octanol–water partition coefficient (Wildman–Crippen LogP) is 1.97. The zero-order valence-corrected chi connectivity index (χ0v) is 10.6. The fourth-order valence-electron chi connectivity index (χ4n) is 1.12. The van der Waals surface area contributed by atoms with E-state index in [1.54, 1.807) is 11.3 Å². The Morgan fingerprint density at radius 3 is 3.12 bits per heavy atom. The Kier molecular flexibility index (Phi) is 6.68. The first-order valence-electron chi connectivity index (χ1n) is 5.00. The number of halogens is 1. The van der Waals surface area contributed by atoms with Crippen molar-refractivity contribution in [3.8, 4) is 0 Å². The average Bonchev–Trinajstić information content (AvgIpc) is 2.70. The number of aliphatic hydroxyl groups excluding tert-OH is 1. The maximum atomic E-state index is 9.53. The van der Waals surface area contributed by atoms with Crippen LogP contribution >= 0.6 is 22.9 Å². The van der Waals surface area contributed by atoms with E-state index in [0.29, 0.717) is 31.3 Å². The van der Waals surface area contributed by atoms with Gasteiger partial charge in [0.1, 0.15) is 0 Å². The summed E-state index contributed by atoms with van der Waals surface area (Å²) in [7, 11) is 0. The fourth-order valence-corrected chi connectivity index (χ4v) is 1.86. The van der Waals surface area contributed by atoms with Gasteiger partial charge in [-0.15, -0.1) is 11.3 Å². The van der Waals surface area contributed by atoms with Crippen LogP contribution in [0.25, 0.3) is 0 Å². The minimum atomic E-state index is -0.518. The number of hydrogen-bond acceptors (Lipinski definition) is 4.